The number of anilines is 1. The lowest BCUT2D eigenvalue weighted by Crippen LogP contribution is -2.23. The normalized spacial score (nSPS) is 12.1. The van der Waals surface area contributed by atoms with Crippen molar-refractivity contribution in [3.05, 3.63) is 23.8 Å². The van der Waals surface area contributed by atoms with Crippen LogP contribution >= 0.6 is 11.8 Å². The quantitative estimate of drug-likeness (QED) is 0.854. The van der Waals surface area contributed by atoms with Gasteiger partial charge in [0, 0.05) is 11.8 Å². The van der Waals surface area contributed by atoms with Crippen molar-refractivity contribution in [1.82, 2.24) is 0 Å². The topological polar surface area (TPSA) is 83.9 Å². The number of carboxylic acids is 1. The summed E-state index contributed by atoms with van der Waals surface area (Å²) >= 11 is 5.40. The van der Waals surface area contributed by atoms with Crippen molar-refractivity contribution in [2.24, 2.45) is 0 Å². The van der Waals surface area contributed by atoms with Gasteiger partial charge in [0.05, 0.1) is 11.8 Å². The van der Waals surface area contributed by atoms with E-state index in [1.54, 1.807) is 0 Å². The van der Waals surface area contributed by atoms with Gasteiger partial charge in [0.2, 0.25) is 10.0 Å². The van der Waals surface area contributed by atoms with E-state index < -0.39 is 39.4 Å². The number of halogens is 4. The molecule has 0 atom stereocenters. The molecule has 0 aliphatic heterocycles. The van der Waals surface area contributed by atoms with Crippen molar-refractivity contribution < 1.29 is 36.2 Å². The van der Waals surface area contributed by atoms with Crippen LogP contribution in [-0.2, 0) is 10.0 Å². The predicted molar refractivity (Wildman–Crippen MR) is 63.3 cm³/mol. The Hall–Kier alpha value is -1.68. The third kappa shape index (κ3) is 4.17. The van der Waals surface area contributed by atoms with E-state index in [-0.39, 0.29) is 3.82 Å². The summed E-state index contributed by atoms with van der Waals surface area (Å²) in [6.45, 7) is 0. The zero-order chi connectivity index (χ0) is 15.7. The van der Waals surface area contributed by atoms with Crippen molar-refractivity contribution in [3.8, 4) is 5.75 Å². The van der Waals surface area contributed by atoms with E-state index in [4.69, 9.17) is 16.9 Å². The van der Waals surface area contributed by atoms with E-state index in [2.05, 4.69) is 4.74 Å². The van der Waals surface area contributed by atoms with E-state index >= 15 is 0 Å². The summed E-state index contributed by atoms with van der Waals surface area (Å²) in [5.41, 5.74) is -1.21. The summed E-state index contributed by atoms with van der Waals surface area (Å²) in [6.07, 6.45) is -4.46. The minimum atomic E-state index is -5.09. The van der Waals surface area contributed by atoms with Crippen molar-refractivity contribution in [1.29, 1.82) is 0 Å². The molecule has 1 aromatic rings. The van der Waals surface area contributed by atoms with Gasteiger partial charge < -0.3 is 9.84 Å². The van der Waals surface area contributed by atoms with Crippen molar-refractivity contribution in [2.45, 2.75) is 6.36 Å². The number of ether oxygens (including phenoxy) is 1. The number of nitrogens with zero attached hydrogens (tertiary/aromatic N) is 1. The molecule has 0 aliphatic rings. The Balaban J connectivity index is 3.41. The number of benzene rings is 1. The van der Waals surface area contributed by atoms with Gasteiger partial charge in [-0.3, -0.25) is 0 Å². The van der Waals surface area contributed by atoms with Gasteiger partial charge >= 0.3 is 12.3 Å². The summed E-state index contributed by atoms with van der Waals surface area (Å²) in [4.78, 5) is 10.7. The Bertz CT molecular complexity index is 631. The smallest absolute Gasteiger partial charge is 0.478 e. The predicted octanol–water partition coefficient (Wildman–Crippen LogP) is 2.20. The van der Waals surface area contributed by atoms with Gasteiger partial charge in [0.15, 0.2) is 5.75 Å². The van der Waals surface area contributed by atoms with Crippen molar-refractivity contribution >= 4 is 33.5 Å². The highest BCUT2D eigenvalue weighted by molar-refractivity contribution is 7.93. The standard InChI is InChI=1S/C9H7ClF3NO5S/c1-20(17,18)14(10)6-4-5(8(15)16)2-3-7(6)19-9(11,12)13/h2-4H,1H3,(H,15,16). The molecule has 0 fully saturated rings. The molecule has 0 saturated carbocycles. The monoisotopic (exact) mass is 333 g/mol. The van der Waals surface area contributed by atoms with Crippen LogP contribution in [0.3, 0.4) is 0 Å². The van der Waals surface area contributed by atoms with Gasteiger partial charge in [0.1, 0.15) is 5.69 Å². The van der Waals surface area contributed by atoms with Gasteiger partial charge in [-0.2, -0.15) is 3.82 Å². The molecule has 0 amide bonds. The first-order chi connectivity index (χ1) is 8.92. The molecule has 0 aromatic heterocycles. The second-order valence-corrected chi connectivity index (χ2v) is 5.88. The first-order valence-electron chi connectivity index (χ1n) is 4.71. The van der Waals surface area contributed by atoms with Crippen molar-refractivity contribution in [3.63, 3.8) is 0 Å². The zero-order valence-electron chi connectivity index (χ0n) is 9.68. The maximum absolute atomic E-state index is 12.2. The van der Waals surface area contributed by atoms with Crippen LogP contribution in [0.5, 0.6) is 5.75 Å². The third-order valence-electron chi connectivity index (χ3n) is 1.91. The SMILES string of the molecule is CS(=O)(=O)N(Cl)c1cc(C(=O)O)ccc1OC(F)(F)F. The number of aromatic carboxylic acids is 1. The van der Waals surface area contributed by atoms with Gasteiger partial charge in [-0.25, -0.2) is 13.2 Å². The molecule has 11 heteroatoms. The van der Waals surface area contributed by atoms with E-state index in [9.17, 15) is 26.4 Å². The fourth-order valence-corrected chi connectivity index (χ4v) is 1.81. The molecule has 1 rings (SSSR count). The Morgan fingerprint density at radius 1 is 1.40 bits per heavy atom. The average molecular weight is 334 g/mol. The fraction of sp³-hybridized carbons (Fsp3) is 0.222. The summed E-state index contributed by atoms with van der Waals surface area (Å²) in [7, 11) is -4.12. The molecule has 0 heterocycles. The number of carbonyl (C=O) groups is 1. The lowest BCUT2D eigenvalue weighted by atomic mass is 10.2. The molecule has 0 bridgehead atoms. The van der Waals surface area contributed by atoms with Crippen LogP contribution in [0.4, 0.5) is 18.9 Å². The second-order valence-electron chi connectivity index (χ2n) is 3.51. The maximum Gasteiger partial charge on any atom is 0.573 e. The number of sulfonamides is 1. The van der Waals surface area contributed by atoms with E-state index in [0.29, 0.717) is 18.4 Å². The van der Waals surface area contributed by atoms with Crippen molar-refractivity contribution in [2.75, 3.05) is 10.1 Å². The molecule has 0 unspecified atom stereocenters. The molecule has 1 aromatic carbocycles. The molecule has 0 saturated heterocycles. The highest BCUT2D eigenvalue weighted by atomic mass is 35.5. The third-order valence-corrected chi connectivity index (χ3v) is 3.63. The first kappa shape index (κ1) is 16.4. The molecule has 6 nitrogen and oxygen atoms in total. The Morgan fingerprint density at radius 3 is 2.35 bits per heavy atom. The van der Waals surface area contributed by atoms with Gasteiger partial charge in [-0.1, -0.05) is 0 Å². The fourth-order valence-electron chi connectivity index (χ4n) is 1.18. The van der Waals surface area contributed by atoms with Gasteiger partial charge in [-0.15, -0.1) is 13.2 Å². The molecule has 0 radical (unpaired) electrons. The molecule has 0 aliphatic carbocycles. The average Bonchev–Trinajstić information content (AvgIpc) is 2.24. The van der Waals surface area contributed by atoms with E-state index in [1.807, 2.05) is 0 Å². The minimum absolute atomic E-state index is 0.0273. The van der Waals surface area contributed by atoms with Crippen LogP contribution in [0.2, 0.25) is 0 Å². The Kier molecular flexibility index (Phi) is 4.39. The molecule has 112 valence electrons. The Morgan fingerprint density at radius 2 is 1.95 bits per heavy atom. The molecular formula is C9H7ClF3NO5S. The molecule has 0 spiro atoms. The van der Waals surface area contributed by atoms with Gasteiger partial charge in [0.25, 0.3) is 0 Å². The Labute approximate surface area is 116 Å². The maximum atomic E-state index is 12.2. The van der Waals surface area contributed by atoms with Crippen LogP contribution in [0.25, 0.3) is 0 Å². The van der Waals surface area contributed by atoms with Crippen LogP contribution in [0.15, 0.2) is 18.2 Å². The lowest BCUT2D eigenvalue weighted by Gasteiger charge is -2.18. The first-order valence-corrected chi connectivity index (χ1v) is 6.89. The second kappa shape index (κ2) is 5.37. The molecule has 20 heavy (non-hydrogen) atoms. The van der Waals surface area contributed by atoms with E-state index in [0.717, 1.165) is 6.07 Å². The minimum Gasteiger partial charge on any atom is -0.478 e. The number of hydrogen-bond acceptors (Lipinski definition) is 4. The highest BCUT2D eigenvalue weighted by Gasteiger charge is 2.34. The van der Waals surface area contributed by atoms with Crippen LogP contribution in [-0.4, -0.2) is 32.1 Å². The molecular weight excluding hydrogens is 327 g/mol. The highest BCUT2D eigenvalue weighted by Crippen LogP contribution is 2.36. The summed E-state index contributed by atoms with van der Waals surface area (Å²) in [5, 5.41) is 8.74. The number of hydrogen-bond donors (Lipinski definition) is 1. The largest absolute Gasteiger partial charge is 0.573 e. The summed E-state index contributed by atoms with van der Waals surface area (Å²) in [5.74, 6) is -2.41. The summed E-state index contributed by atoms with van der Waals surface area (Å²) < 4.78 is 62.6. The number of rotatable bonds is 4. The summed E-state index contributed by atoms with van der Waals surface area (Å²) in [6, 6.07) is 2.13. The van der Waals surface area contributed by atoms with E-state index in [1.165, 1.54) is 0 Å². The van der Waals surface area contributed by atoms with Gasteiger partial charge in [-0.05, 0) is 18.2 Å². The number of alkyl halides is 3. The zero-order valence-corrected chi connectivity index (χ0v) is 11.3. The number of carboxylic acid groups (broad SMARTS) is 1. The van der Waals surface area contributed by atoms with Crippen LogP contribution in [0, 0.1) is 0 Å². The molecule has 1 N–H and O–H groups in total. The van der Waals surface area contributed by atoms with Crippen LogP contribution < -0.4 is 8.56 Å². The van der Waals surface area contributed by atoms with Crippen LogP contribution in [0.1, 0.15) is 10.4 Å². The lowest BCUT2D eigenvalue weighted by molar-refractivity contribution is -0.274.